The van der Waals surface area contributed by atoms with E-state index in [1.54, 1.807) is 11.2 Å². The number of alkyl halides is 3. The normalized spacial score (nSPS) is 19.6. The van der Waals surface area contributed by atoms with Crippen molar-refractivity contribution in [2.45, 2.75) is 78.4 Å². The molecule has 4 rings (SSSR count). The molecule has 3 aliphatic rings. The van der Waals surface area contributed by atoms with E-state index in [-0.39, 0.29) is 12.4 Å². The summed E-state index contributed by atoms with van der Waals surface area (Å²) < 4.78 is 34.2. The van der Waals surface area contributed by atoms with Gasteiger partial charge in [0.2, 0.25) is 12.4 Å². The van der Waals surface area contributed by atoms with Crippen molar-refractivity contribution in [2.24, 2.45) is 20.8 Å². The molecule has 3 heterocycles. The van der Waals surface area contributed by atoms with Crippen LogP contribution in [0, 0.1) is 6.92 Å². The van der Waals surface area contributed by atoms with Crippen LogP contribution in [0.2, 0.25) is 0 Å². The zero-order valence-corrected chi connectivity index (χ0v) is 22.9. The molecule has 206 valence electrons. The highest BCUT2D eigenvalue weighted by molar-refractivity contribution is 6.61. The summed E-state index contributed by atoms with van der Waals surface area (Å²) >= 11 is 0. The molecule has 1 saturated heterocycles. The number of guanidine groups is 1. The van der Waals surface area contributed by atoms with Crippen LogP contribution in [0.4, 0.5) is 18.9 Å². The molecule has 1 saturated carbocycles. The molecule has 0 bridgehead atoms. The summed E-state index contributed by atoms with van der Waals surface area (Å²) in [5, 5.41) is 5.66. The number of nitrogens with two attached hydrogens (primary N) is 1. The van der Waals surface area contributed by atoms with E-state index in [9.17, 15) is 13.2 Å². The summed E-state index contributed by atoms with van der Waals surface area (Å²) in [7, 11) is 5.68. The lowest BCUT2D eigenvalue weighted by molar-refractivity contribution is 0.144. The molecule has 11 heteroatoms. The lowest BCUT2D eigenvalue weighted by atomic mass is 9.92. The monoisotopic (exact) mass is 529 g/mol. The highest BCUT2D eigenvalue weighted by Gasteiger charge is 2.31. The standard InChI is InChI=1S/C16H19BN6.C8H14FN.C3H6F2/c1-10(2)19-14-6-5-13(20-12(14)4)11(3)7-8-23-9-15(17)21-16(18)22-23;9-7-4-5-10(6-7)8-2-1-3-8;1-2-3(4)5/h5-8H,3,9H2,1-2,4H3,(H2,18,22);7-8H,1-6H2;3H,2H2,1H3/b8-7-;;/t;7-;/m.1./s1. The predicted octanol–water partition coefficient (Wildman–Crippen LogP) is 5.39. The number of hydrogen-bond donors (Lipinski definition) is 1. The molecular weight excluding hydrogens is 490 g/mol. The van der Waals surface area contributed by atoms with Crippen molar-refractivity contribution in [1.29, 1.82) is 0 Å². The minimum atomic E-state index is -2.12. The lowest BCUT2D eigenvalue weighted by Crippen LogP contribution is -2.38. The van der Waals surface area contributed by atoms with Crippen molar-refractivity contribution in [1.82, 2.24) is 14.9 Å². The molecule has 2 N–H and O–H groups in total. The number of aromatic nitrogens is 1. The van der Waals surface area contributed by atoms with Gasteiger partial charge in [0.15, 0.2) is 0 Å². The first-order chi connectivity index (χ1) is 18.0. The van der Waals surface area contributed by atoms with Crippen LogP contribution in [-0.2, 0) is 0 Å². The molecule has 7 nitrogen and oxygen atoms in total. The van der Waals surface area contributed by atoms with Crippen LogP contribution in [0.25, 0.3) is 5.57 Å². The summed E-state index contributed by atoms with van der Waals surface area (Å²) in [5.41, 5.74) is 10.2. The molecule has 1 atom stereocenters. The molecule has 0 spiro atoms. The van der Waals surface area contributed by atoms with Crippen molar-refractivity contribution < 1.29 is 13.2 Å². The molecule has 0 amide bonds. The molecule has 1 aromatic rings. The largest absolute Gasteiger partial charge is 0.367 e. The minimum Gasteiger partial charge on any atom is -0.367 e. The Labute approximate surface area is 225 Å². The number of allylic oxidation sites excluding steroid dienone is 2. The third kappa shape index (κ3) is 10.8. The summed E-state index contributed by atoms with van der Waals surface area (Å²) in [6, 6.07) is 4.58. The van der Waals surface area contributed by atoms with Gasteiger partial charge in [0.05, 0.1) is 23.6 Å². The van der Waals surface area contributed by atoms with E-state index < -0.39 is 12.6 Å². The number of hydrogen-bond acceptors (Lipinski definition) is 7. The quantitative estimate of drug-likeness (QED) is 0.305. The summed E-state index contributed by atoms with van der Waals surface area (Å²) in [6.07, 6.45) is 5.64. The van der Waals surface area contributed by atoms with E-state index in [1.165, 1.54) is 26.2 Å². The number of aryl methyl sites for hydroxylation is 1. The Morgan fingerprint density at radius 2 is 1.97 bits per heavy atom. The highest BCUT2D eigenvalue weighted by atomic mass is 19.3. The molecule has 38 heavy (non-hydrogen) atoms. The van der Waals surface area contributed by atoms with Crippen LogP contribution in [-0.4, -0.2) is 78.3 Å². The van der Waals surface area contributed by atoms with Crippen LogP contribution in [0.5, 0.6) is 0 Å². The number of rotatable bonds is 6. The Morgan fingerprint density at radius 1 is 1.29 bits per heavy atom. The van der Waals surface area contributed by atoms with E-state index in [0.29, 0.717) is 18.7 Å². The van der Waals surface area contributed by atoms with E-state index >= 15 is 0 Å². The minimum absolute atomic E-state index is 0.0278. The zero-order valence-electron chi connectivity index (χ0n) is 22.9. The van der Waals surface area contributed by atoms with Crippen molar-refractivity contribution in [3.63, 3.8) is 0 Å². The van der Waals surface area contributed by atoms with E-state index in [2.05, 4.69) is 31.5 Å². The van der Waals surface area contributed by atoms with Gasteiger partial charge in [-0.15, -0.1) is 5.10 Å². The fraction of sp³-hybridized carbons (Fsp3) is 0.556. The van der Waals surface area contributed by atoms with E-state index in [4.69, 9.17) is 13.6 Å². The van der Waals surface area contributed by atoms with Crippen molar-refractivity contribution in [3.05, 3.63) is 42.4 Å². The van der Waals surface area contributed by atoms with Gasteiger partial charge >= 0.3 is 0 Å². The van der Waals surface area contributed by atoms with Gasteiger partial charge in [0, 0.05) is 37.5 Å². The molecular formula is C27H39BF3N7. The summed E-state index contributed by atoms with van der Waals surface area (Å²) in [4.78, 5) is 15.1. The average Bonchev–Trinajstić information content (AvgIpc) is 3.23. The average molecular weight is 529 g/mol. The Hall–Kier alpha value is -2.95. The molecule has 2 fully saturated rings. The van der Waals surface area contributed by atoms with Gasteiger partial charge in [0.1, 0.15) is 14.0 Å². The van der Waals surface area contributed by atoms with Crippen LogP contribution < -0.4 is 5.73 Å². The first-order valence-electron chi connectivity index (χ1n) is 13.0. The second-order valence-corrected chi connectivity index (χ2v) is 9.62. The molecule has 2 radical (unpaired) electrons. The number of aliphatic imine (C=N–C) groups is 2. The summed E-state index contributed by atoms with van der Waals surface area (Å²) in [5.74, 6) is 0.134. The van der Waals surface area contributed by atoms with Crippen molar-refractivity contribution >= 4 is 36.4 Å². The highest BCUT2D eigenvalue weighted by Crippen LogP contribution is 2.28. The molecule has 2 aliphatic heterocycles. The van der Waals surface area contributed by atoms with Crippen LogP contribution in [0.15, 0.2) is 46.1 Å². The first-order valence-corrected chi connectivity index (χ1v) is 13.0. The van der Waals surface area contributed by atoms with Gasteiger partial charge in [-0.3, -0.25) is 19.9 Å². The van der Waals surface area contributed by atoms with Gasteiger partial charge in [-0.2, -0.15) is 0 Å². The van der Waals surface area contributed by atoms with Crippen LogP contribution >= 0.6 is 0 Å². The second kappa shape index (κ2) is 15.5. The SMILES string of the molecule is CCC(F)F.F[C@@H]1CCN(C2CCC2)C1.[B]C1=NC(N)=NN(/C=C\C(=C)c2ccc(N=C(C)C)c(C)n2)C1. The van der Waals surface area contributed by atoms with Crippen molar-refractivity contribution in [3.8, 4) is 0 Å². The lowest BCUT2D eigenvalue weighted by Gasteiger charge is -2.34. The smallest absolute Gasteiger partial charge is 0.238 e. The van der Waals surface area contributed by atoms with Crippen LogP contribution in [0.3, 0.4) is 0 Å². The van der Waals surface area contributed by atoms with Crippen LogP contribution in [0.1, 0.15) is 64.3 Å². The number of halogens is 3. The Balaban J connectivity index is 0.000000275. The van der Waals surface area contributed by atoms with Gasteiger partial charge in [-0.25, -0.2) is 18.2 Å². The molecule has 0 unspecified atom stereocenters. The Kier molecular flexibility index (Phi) is 12.7. The van der Waals surface area contributed by atoms with E-state index in [1.807, 2.05) is 39.0 Å². The molecule has 0 aromatic carbocycles. The van der Waals surface area contributed by atoms with Gasteiger partial charge < -0.3 is 5.73 Å². The number of nitrogens with zero attached hydrogens (tertiary/aromatic N) is 6. The van der Waals surface area contributed by atoms with Crippen molar-refractivity contribution in [2.75, 3.05) is 19.6 Å². The van der Waals surface area contributed by atoms with Gasteiger partial charge in [-0.1, -0.05) is 19.9 Å². The maximum atomic E-state index is 12.7. The van der Waals surface area contributed by atoms with E-state index in [0.717, 1.165) is 47.4 Å². The third-order valence-electron chi connectivity index (χ3n) is 6.05. The maximum Gasteiger partial charge on any atom is 0.238 e. The van der Waals surface area contributed by atoms with Gasteiger partial charge in [-0.05, 0) is 69.4 Å². The molecule has 1 aliphatic carbocycles. The van der Waals surface area contributed by atoms with Gasteiger partial charge in [0.25, 0.3) is 0 Å². The zero-order chi connectivity index (χ0) is 28.2. The fourth-order valence-corrected chi connectivity index (χ4v) is 3.80. The number of likely N-dealkylation sites (tertiary alicyclic amines) is 1. The maximum absolute atomic E-state index is 12.7. The third-order valence-corrected chi connectivity index (χ3v) is 6.05. The number of pyridine rings is 1. The topological polar surface area (TPSA) is 82.5 Å². The Bertz CT molecular complexity index is 1050. The fourth-order valence-electron chi connectivity index (χ4n) is 3.80. The Morgan fingerprint density at radius 3 is 2.45 bits per heavy atom. The molecule has 1 aromatic heterocycles. The first kappa shape index (κ1) is 31.3. The summed E-state index contributed by atoms with van der Waals surface area (Å²) in [6.45, 7) is 13.4. The second-order valence-electron chi connectivity index (χ2n) is 9.62. The predicted molar refractivity (Wildman–Crippen MR) is 152 cm³/mol. The number of hydrazone groups is 1.